The second-order valence-electron chi connectivity index (χ2n) is 7.03. The van der Waals surface area contributed by atoms with Crippen LogP contribution in [0.25, 0.3) is 11.4 Å². The normalized spacial score (nSPS) is 13.5. The average Bonchev–Trinajstić information content (AvgIpc) is 3.45. The second-order valence-corrected chi connectivity index (χ2v) is 7.03. The standard InChI is InChI=1S/C22H24N4O3/c1-28-19-6-4-5-16(15-19)22-24-21(29-25-22)12-11-20(27)23-17-7-9-18(10-8-17)26-13-2-3-14-26/h4-10,15H,2-3,11-14H2,1H3,(H,23,27). The topological polar surface area (TPSA) is 80.5 Å². The molecule has 0 aliphatic carbocycles. The van der Waals surface area contributed by atoms with Gasteiger partial charge in [0.25, 0.3) is 0 Å². The van der Waals surface area contributed by atoms with Crippen molar-refractivity contribution in [3.05, 3.63) is 54.4 Å². The number of hydrogen-bond donors (Lipinski definition) is 1. The van der Waals surface area contributed by atoms with E-state index in [4.69, 9.17) is 9.26 Å². The van der Waals surface area contributed by atoms with E-state index in [1.165, 1.54) is 18.5 Å². The van der Waals surface area contributed by atoms with Crippen LogP contribution in [0.5, 0.6) is 5.75 Å². The summed E-state index contributed by atoms with van der Waals surface area (Å²) < 4.78 is 10.5. The van der Waals surface area contributed by atoms with Crippen LogP contribution < -0.4 is 15.0 Å². The summed E-state index contributed by atoms with van der Waals surface area (Å²) in [6, 6.07) is 15.4. The van der Waals surface area contributed by atoms with Crippen molar-refractivity contribution in [3.8, 4) is 17.1 Å². The molecule has 1 aromatic heterocycles. The number of nitrogens with one attached hydrogen (secondary N) is 1. The maximum atomic E-state index is 12.3. The van der Waals surface area contributed by atoms with E-state index in [9.17, 15) is 4.79 Å². The van der Waals surface area contributed by atoms with Gasteiger partial charge in [-0.15, -0.1) is 0 Å². The van der Waals surface area contributed by atoms with E-state index in [2.05, 4.69) is 32.5 Å². The third kappa shape index (κ3) is 4.74. The number of benzene rings is 2. The lowest BCUT2D eigenvalue weighted by Crippen LogP contribution is -2.17. The van der Waals surface area contributed by atoms with Gasteiger partial charge in [-0.1, -0.05) is 17.3 Å². The van der Waals surface area contributed by atoms with Gasteiger partial charge >= 0.3 is 0 Å². The molecule has 2 heterocycles. The van der Waals surface area contributed by atoms with Crippen molar-refractivity contribution in [2.45, 2.75) is 25.7 Å². The first-order valence-corrected chi connectivity index (χ1v) is 9.83. The number of aromatic nitrogens is 2. The number of amides is 1. The first kappa shape index (κ1) is 19.0. The van der Waals surface area contributed by atoms with Gasteiger partial charge < -0.3 is 19.5 Å². The third-order valence-electron chi connectivity index (χ3n) is 4.98. The zero-order chi connectivity index (χ0) is 20.1. The monoisotopic (exact) mass is 392 g/mol. The molecule has 2 aromatic carbocycles. The van der Waals surface area contributed by atoms with E-state index >= 15 is 0 Å². The maximum absolute atomic E-state index is 12.3. The molecule has 3 aromatic rings. The highest BCUT2D eigenvalue weighted by molar-refractivity contribution is 5.91. The fraction of sp³-hybridized carbons (Fsp3) is 0.318. The quantitative estimate of drug-likeness (QED) is 0.656. The molecule has 7 heteroatoms. The maximum Gasteiger partial charge on any atom is 0.227 e. The highest BCUT2D eigenvalue weighted by atomic mass is 16.5. The van der Waals surface area contributed by atoms with Gasteiger partial charge in [-0.2, -0.15) is 4.98 Å². The summed E-state index contributed by atoms with van der Waals surface area (Å²) in [7, 11) is 1.61. The second kappa shape index (κ2) is 8.77. The molecule has 0 saturated carbocycles. The van der Waals surface area contributed by atoms with Crippen molar-refractivity contribution >= 4 is 17.3 Å². The lowest BCUT2D eigenvalue weighted by molar-refractivity contribution is -0.116. The molecular weight excluding hydrogens is 368 g/mol. The molecule has 4 rings (SSSR count). The van der Waals surface area contributed by atoms with Crippen LogP contribution in [0.3, 0.4) is 0 Å². The number of nitrogens with zero attached hydrogens (tertiary/aromatic N) is 3. The van der Waals surface area contributed by atoms with Gasteiger partial charge in [0, 0.05) is 42.9 Å². The Bertz CT molecular complexity index is 962. The predicted octanol–water partition coefficient (Wildman–Crippen LogP) is 3.92. The van der Waals surface area contributed by atoms with Crippen LogP contribution in [0.4, 0.5) is 11.4 Å². The lowest BCUT2D eigenvalue weighted by Gasteiger charge is -2.17. The molecule has 150 valence electrons. The van der Waals surface area contributed by atoms with Crippen LogP contribution in [0.2, 0.25) is 0 Å². The highest BCUT2D eigenvalue weighted by Gasteiger charge is 2.13. The minimum atomic E-state index is -0.0833. The molecule has 0 bridgehead atoms. The molecule has 0 unspecified atom stereocenters. The molecule has 1 aliphatic rings. The molecule has 1 fully saturated rings. The fourth-order valence-electron chi connectivity index (χ4n) is 3.41. The number of carbonyl (C=O) groups excluding carboxylic acids is 1. The van der Waals surface area contributed by atoms with Crippen molar-refractivity contribution in [3.63, 3.8) is 0 Å². The lowest BCUT2D eigenvalue weighted by atomic mass is 10.2. The summed E-state index contributed by atoms with van der Waals surface area (Å²) in [6.07, 6.45) is 3.14. The number of ether oxygens (including phenoxy) is 1. The molecule has 0 atom stereocenters. The SMILES string of the molecule is COc1cccc(-c2noc(CCC(=O)Nc3ccc(N4CCCC4)cc3)n2)c1. The van der Waals surface area contributed by atoms with Crippen LogP contribution >= 0.6 is 0 Å². The van der Waals surface area contributed by atoms with E-state index in [1.807, 2.05) is 36.4 Å². The number of aryl methyl sites for hydroxylation is 1. The summed E-state index contributed by atoms with van der Waals surface area (Å²) in [6.45, 7) is 2.21. The van der Waals surface area contributed by atoms with Crippen molar-refractivity contribution in [1.82, 2.24) is 10.1 Å². The van der Waals surface area contributed by atoms with Gasteiger partial charge in [-0.25, -0.2) is 0 Å². The summed E-state index contributed by atoms with van der Waals surface area (Å²) in [5.74, 6) is 1.56. The van der Waals surface area contributed by atoms with Gasteiger partial charge in [0.2, 0.25) is 17.6 Å². The van der Waals surface area contributed by atoms with Crippen molar-refractivity contribution in [2.24, 2.45) is 0 Å². The molecule has 1 saturated heterocycles. The Morgan fingerprint density at radius 1 is 1.17 bits per heavy atom. The van der Waals surface area contributed by atoms with Gasteiger partial charge in [0.1, 0.15) is 5.75 Å². The Hall–Kier alpha value is -3.35. The molecule has 0 spiro atoms. The average molecular weight is 392 g/mol. The largest absolute Gasteiger partial charge is 0.497 e. The van der Waals surface area contributed by atoms with E-state index in [0.29, 0.717) is 18.1 Å². The predicted molar refractivity (Wildman–Crippen MR) is 111 cm³/mol. The zero-order valence-electron chi connectivity index (χ0n) is 16.4. The number of hydrogen-bond acceptors (Lipinski definition) is 6. The van der Waals surface area contributed by atoms with E-state index in [1.54, 1.807) is 7.11 Å². The Labute approximate surface area is 169 Å². The Balaban J connectivity index is 1.30. The van der Waals surface area contributed by atoms with E-state index in [-0.39, 0.29) is 12.3 Å². The van der Waals surface area contributed by atoms with Crippen LogP contribution in [-0.2, 0) is 11.2 Å². The van der Waals surface area contributed by atoms with E-state index < -0.39 is 0 Å². The minimum Gasteiger partial charge on any atom is -0.497 e. The van der Waals surface area contributed by atoms with Gasteiger partial charge in [0.05, 0.1) is 7.11 Å². The van der Waals surface area contributed by atoms with Crippen LogP contribution in [0.1, 0.15) is 25.2 Å². The third-order valence-corrected chi connectivity index (χ3v) is 4.98. The highest BCUT2D eigenvalue weighted by Crippen LogP contribution is 2.23. The first-order chi connectivity index (χ1) is 14.2. The summed E-state index contributed by atoms with van der Waals surface area (Å²) in [5.41, 5.74) is 2.80. The summed E-state index contributed by atoms with van der Waals surface area (Å²) in [4.78, 5) is 19.0. The molecule has 7 nitrogen and oxygen atoms in total. The molecular formula is C22H24N4O3. The van der Waals surface area contributed by atoms with Crippen molar-refractivity contribution in [1.29, 1.82) is 0 Å². The van der Waals surface area contributed by atoms with Crippen LogP contribution in [0, 0.1) is 0 Å². The number of carbonyl (C=O) groups is 1. The fourth-order valence-corrected chi connectivity index (χ4v) is 3.41. The number of methoxy groups -OCH3 is 1. The molecule has 1 amide bonds. The Kier molecular flexibility index (Phi) is 5.74. The first-order valence-electron chi connectivity index (χ1n) is 9.83. The smallest absolute Gasteiger partial charge is 0.227 e. The number of anilines is 2. The van der Waals surface area contributed by atoms with Crippen LogP contribution in [-0.4, -0.2) is 36.2 Å². The van der Waals surface area contributed by atoms with Gasteiger partial charge in [0.15, 0.2) is 0 Å². The Morgan fingerprint density at radius 2 is 1.97 bits per heavy atom. The minimum absolute atomic E-state index is 0.0833. The van der Waals surface area contributed by atoms with Crippen molar-refractivity contribution < 1.29 is 14.1 Å². The van der Waals surface area contributed by atoms with Crippen LogP contribution in [0.15, 0.2) is 53.1 Å². The molecule has 0 radical (unpaired) electrons. The summed E-state index contributed by atoms with van der Waals surface area (Å²) in [5, 5.41) is 6.91. The van der Waals surface area contributed by atoms with Crippen molar-refractivity contribution in [2.75, 3.05) is 30.4 Å². The number of rotatable bonds is 7. The molecule has 1 N–H and O–H groups in total. The molecule has 1 aliphatic heterocycles. The van der Waals surface area contributed by atoms with E-state index in [0.717, 1.165) is 30.1 Å². The van der Waals surface area contributed by atoms with Gasteiger partial charge in [-0.05, 0) is 49.2 Å². The summed E-state index contributed by atoms with van der Waals surface area (Å²) >= 11 is 0. The Morgan fingerprint density at radius 3 is 2.72 bits per heavy atom. The zero-order valence-corrected chi connectivity index (χ0v) is 16.4. The molecule has 29 heavy (non-hydrogen) atoms. The van der Waals surface area contributed by atoms with Gasteiger partial charge in [-0.3, -0.25) is 4.79 Å².